The lowest BCUT2D eigenvalue weighted by Gasteiger charge is -2.13. The Hall–Kier alpha value is -1.62. The molecule has 6 heteroatoms. The van der Waals surface area contributed by atoms with Crippen LogP contribution in [0.25, 0.3) is 0 Å². The van der Waals surface area contributed by atoms with E-state index in [0.29, 0.717) is 0 Å². The fourth-order valence-corrected chi connectivity index (χ4v) is 1.53. The summed E-state index contributed by atoms with van der Waals surface area (Å²) in [6, 6.07) is 2.75. The van der Waals surface area contributed by atoms with E-state index in [-0.39, 0.29) is 17.0 Å². The molecule has 1 rings (SSSR count). The van der Waals surface area contributed by atoms with Crippen LogP contribution < -0.4 is 5.32 Å². The van der Waals surface area contributed by atoms with Crippen molar-refractivity contribution >= 4 is 23.5 Å². The topological polar surface area (TPSA) is 66.4 Å². The van der Waals surface area contributed by atoms with Gasteiger partial charge in [0.1, 0.15) is 11.9 Å². The summed E-state index contributed by atoms with van der Waals surface area (Å²) >= 11 is 5.68. The van der Waals surface area contributed by atoms with Crippen molar-refractivity contribution in [2.45, 2.75) is 19.4 Å². The zero-order valence-electron chi connectivity index (χ0n) is 9.04. The second-order valence-electron chi connectivity index (χ2n) is 3.37. The zero-order chi connectivity index (χ0) is 13.0. The molecule has 0 saturated heterocycles. The van der Waals surface area contributed by atoms with E-state index in [2.05, 4.69) is 5.32 Å². The predicted octanol–water partition coefficient (Wildman–Crippen LogP) is 2.07. The third-order valence-electron chi connectivity index (χ3n) is 2.20. The van der Waals surface area contributed by atoms with Crippen LogP contribution in [-0.2, 0) is 4.79 Å². The monoisotopic (exact) mass is 259 g/mol. The highest BCUT2D eigenvalue weighted by molar-refractivity contribution is 6.33. The molecule has 0 saturated carbocycles. The van der Waals surface area contributed by atoms with Gasteiger partial charge in [0.15, 0.2) is 0 Å². The Morgan fingerprint density at radius 2 is 2.18 bits per heavy atom. The second kappa shape index (κ2) is 5.63. The molecule has 0 heterocycles. The van der Waals surface area contributed by atoms with Crippen LogP contribution in [0.5, 0.6) is 0 Å². The van der Waals surface area contributed by atoms with Crippen molar-refractivity contribution in [3.63, 3.8) is 0 Å². The minimum Gasteiger partial charge on any atom is -0.480 e. The summed E-state index contributed by atoms with van der Waals surface area (Å²) < 4.78 is 13.4. The summed E-state index contributed by atoms with van der Waals surface area (Å²) in [4.78, 5) is 22.4. The van der Waals surface area contributed by atoms with Gasteiger partial charge in [0, 0.05) is 0 Å². The van der Waals surface area contributed by atoms with E-state index in [4.69, 9.17) is 16.7 Å². The number of carboxylic acid groups (broad SMARTS) is 1. The Bertz CT molecular complexity index is 430. The molecule has 4 nitrogen and oxygen atoms in total. The number of amides is 1. The van der Waals surface area contributed by atoms with Gasteiger partial charge in [-0.1, -0.05) is 24.6 Å². The first-order valence-electron chi connectivity index (χ1n) is 4.95. The smallest absolute Gasteiger partial charge is 0.326 e. The van der Waals surface area contributed by atoms with Crippen molar-refractivity contribution < 1.29 is 19.1 Å². The molecule has 2 N–H and O–H groups in total. The molecule has 1 amide bonds. The Morgan fingerprint density at radius 1 is 1.53 bits per heavy atom. The number of aliphatic carboxylic acids is 1. The second-order valence-corrected chi connectivity index (χ2v) is 3.78. The van der Waals surface area contributed by atoms with Gasteiger partial charge in [-0.05, 0) is 18.6 Å². The minimum absolute atomic E-state index is 0.0530. The predicted molar refractivity (Wildman–Crippen MR) is 60.6 cm³/mol. The van der Waals surface area contributed by atoms with Crippen LogP contribution in [-0.4, -0.2) is 23.0 Å². The highest BCUT2D eigenvalue weighted by Gasteiger charge is 2.22. The van der Waals surface area contributed by atoms with Gasteiger partial charge in [-0.3, -0.25) is 4.79 Å². The molecule has 1 unspecified atom stereocenters. The van der Waals surface area contributed by atoms with Crippen LogP contribution in [0.3, 0.4) is 0 Å². The molecular formula is C11H11ClFNO3. The Labute approximate surface area is 102 Å². The van der Waals surface area contributed by atoms with E-state index in [1.54, 1.807) is 6.92 Å². The van der Waals surface area contributed by atoms with Gasteiger partial charge in [0.05, 0.1) is 10.6 Å². The summed E-state index contributed by atoms with van der Waals surface area (Å²) in [5.41, 5.74) is -0.339. The first-order valence-corrected chi connectivity index (χ1v) is 5.32. The molecular weight excluding hydrogens is 249 g/mol. The number of carbonyl (C=O) groups is 2. The first-order chi connectivity index (χ1) is 7.97. The number of carboxylic acids is 1. The molecule has 92 valence electrons. The summed E-state index contributed by atoms with van der Waals surface area (Å²) in [5.74, 6) is -2.79. The largest absolute Gasteiger partial charge is 0.480 e. The minimum atomic E-state index is -1.17. The Morgan fingerprint density at radius 3 is 2.65 bits per heavy atom. The number of rotatable bonds is 4. The van der Waals surface area contributed by atoms with E-state index in [1.165, 1.54) is 12.1 Å². The van der Waals surface area contributed by atoms with Crippen LogP contribution in [0.4, 0.5) is 4.39 Å². The molecule has 0 aliphatic heterocycles. The van der Waals surface area contributed by atoms with Gasteiger partial charge in [-0.15, -0.1) is 0 Å². The fourth-order valence-electron chi connectivity index (χ4n) is 1.28. The van der Waals surface area contributed by atoms with Crippen molar-refractivity contribution in [3.8, 4) is 0 Å². The number of nitrogens with one attached hydrogen (secondary N) is 1. The molecule has 0 aromatic heterocycles. The molecule has 17 heavy (non-hydrogen) atoms. The lowest BCUT2D eigenvalue weighted by Crippen LogP contribution is -2.40. The molecule has 1 aromatic rings. The summed E-state index contributed by atoms with van der Waals surface area (Å²) in [7, 11) is 0. The van der Waals surface area contributed by atoms with Crippen LogP contribution in [0.2, 0.25) is 5.02 Å². The fraction of sp³-hybridized carbons (Fsp3) is 0.273. The van der Waals surface area contributed by atoms with Gasteiger partial charge in [0.2, 0.25) is 0 Å². The molecule has 0 spiro atoms. The normalized spacial score (nSPS) is 11.9. The highest BCUT2D eigenvalue weighted by atomic mass is 35.5. The Balaban J connectivity index is 2.94. The van der Waals surface area contributed by atoms with Gasteiger partial charge < -0.3 is 10.4 Å². The summed E-state index contributed by atoms with van der Waals surface area (Å²) in [6.07, 6.45) is 0.202. The van der Waals surface area contributed by atoms with E-state index in [9.17, 15) is 14.0 Å². The summed E-state index contributed by atoms with van der Waals surface area (Å²) in [5, 5.41) is 10.9. The number of benzene rings is 1. The highest BCUT2D eigenvalue weighted by Crippen LogP contribution is 2.18. The van der Waals surface area contributed by atoms with Crippen molar-refractivity contribution in [1.29, 1.82) is 0 Å². The van der Waals surface area contributed by atoms with Crippen LogP contribution >= 0.6 is 11.6 Å². The van der Waals surface area contributed by atoms with Crippen molar-refractivity contribution in [3.05, 3.63) is 34.6 Å². The third-order valence-corrected chi connectivity index (χ3v) is 2.52. The van der Waals surface area contributed by atoms with Gasteiger partial charge in [0.25, 0.3) is 5.91 Å². The molecule has 0 radical (unpaired) electrons. The maximum absolute atomic E-state index is 13.4. The summed E-state index contributed by atoms with van der Waals surface area (Å²) in [6.45, 7) is 1.60. The SMILES string of the molecule is CCC(NC(=O)c1c(F)cccc1Cl)C(=O)O. The first kappa shape index (κ1) is 13.4. The van der Waals surface area contributed by atoms with Gasteiger partial charge >= 0.3 is 5.97 Å². The molecule has 1 aromatic carbocycles. The zero-order valence-corrected chi connectivity index (χ0v) is 9.79. The molecule has 0 bridgehead atoms. The Kier molecular flexibility index (Phi) is 4.45. The lowest BCUT2D eigenvalue weighted by atomic mass is 10.1. The maximum atomic E-state index is 13.4. The average Bonchev–Trinajstić information content (AvgIpc) is 2.25. The standard InChI is InChI=1S/C11H11ClFNO3/c1-2-8(11(16)17)14-10(15)9-6(12)4-3-5-7(9)13/h3-5,8H,2H2,1H3,(H,14,15)(H,16,17). The van der Waals surface area contributed by atoms with Crippen molar-refractivity contribution in [1.82, 2.24) is 5.32 Å². The number of hydrogen-bond acceptors (Lipinski definition) is 2. The van der Waals surface area contributed by atoms with E-state index < -0.39 is 23.7 Å². The van der Waals surface area contributed by atoms with Crippen molar-refractivity contribution in [2.24, 2.45) is 0 Å². The quantitative estimate of drug-likeness (QED) is 0.870. The van der Waals surface area contributed by atoms with Crippen LogP contribution in [0.15, 0.2) is 18.2 Å². The lowest BCUT2D eigenvalue weighted by molar-refractivity contribution is -0.139. The molecule has 0 fully saturated rings. The van der Waals surface area contributed by atoms with Gasteiger partial charge in [-0.25, -0.2) is 9.18 Å². The number of hydrogen-bond donors (Lipinski definition) is 2. The molecule has 1 atom stereocenters. The molecule has 0 aliphatic rings. The van der Waals surface area contributed by atoms with Crippen LogP contribution in [0, 0.1) is 5.82 Å². The maximum Gasteiger partial charge on any atom is 0.326 e. The van der Waals surface area contributed by atoms with Crippen LogP contribution in [0.1, 0.15) is 23.7 Å². The number of carbonyl (C=O) groups excluding carboxylic acids is 1. The van der Waals surface area contributed by atoms with Crippen molar-refractivity contribution in [2.75, 3.05) is 0 Å². The van der Waals surface area contributed by atoms with Gasteiger partial charge in [-0.2, -0.15) is 0 Å². The van der Waals surface area contributed by atoms with E-state index >= 15 is 0 Å². The number of halogens is 2. The average molecular weight is 260 g/mol. The van der Waals surface area contributed by atoms with E-state index in [0.717, 1.165) is 6.07 Å². The molecule has 0 aliphatic carbocycles. The van der Waals surface area contributed by atoms with E-state index in [1.807, 2.05) is 0 Å². The third kappa shape index (κ3) is 3.17.